The Morgan fingerprint density at radius 2 is 1.79 bits per heavy atom. The van der Waals surface area contributed by atoms with E-state index in [1.807, 2.05) is 39.1 Å². The van der Waals surface area contributed by atoms with Crippen LogP contribution in [-0.2, 0) is 0 Å². The Kier molecular flexibility index (Phi) is 4.41. The molecule has 0 unspecified atom stereocenters. The molecule has 2 N–H and O–H groups in total. The second kappa shape index (κ2) is 6.36. The predicted octanol–water partition coefficient (Wildman–Crippen LogP) is 5.64. The van der Waals surface area contributed by atoms with Gasteiger partial charge in [-0.15, -0.1) is 0 Å². The van der Waals surface area contributed by atoms with E-state index in [1.165, 1.54) is 0 Å². The molecule has 0 heterocycles. The number of phenolic OH excluding ortho intramolecular Hbond substituents is 1. The Morgan fingerprint density at radius 1 is 1.04 bits per heavy atom. The molecule has 3 aromatic carbocycles. The first-order valence-corrected chi connectivity index (χ1v) is 8.54. The fraction of sp³-hybridized carbons (Fsp3) is 0.200. The summed E-state index contributed by atoms with van der Waals surface area (Å²) in [6, 6.07) is 11.8. The highest BCUT2D eigenvalue weighted by Gasteiger charge is 2.19. The van der Waals surface area contributed by atoms with Gasteiger partial charge in [0.15, 0.2) is 0 Å². The van der Waals surface area contributed by atoms with E-state index in [0.29, 0.717) is 0 Å². The molecule has 0 aliphatic carbocycles. The number of fused-ring (bicyclic) bond motifs is 1. The number of benzene rings is 3. The summed E-state index contributed by atoms with van der Waals surface area (Å²) in [5.74, 6) is 1.10. The highest BCUT2D eigenvalue weighted by Crippen LogP contribution is 2.45. The molecule has 0 fully saturated rings. The summed E-state index contributed by atoms with van der Waals surface area (Å²) in [6.07, 6.45) is 0. The maximum absolute atomic E-state index is 10.6. The molecule has 0 atom stereocenters. The maximum Gasteiger partial charge on any atom is 0.125 e. The third kappa shape index (κ3) is 2.61. The van der Waals surface area contributed by atoms with Gasteiger partial charge in [-0.3, -0.25) is 0 Å². The van der Waals surface area contributed by atoms with Crippen LogP contribution < -0.4 is 10.1 Å². The average molecular weight is 386 g/mol. The lowest BCUT2D eigenvalue weighted by molar-refractivity contribution is 0.409. The first-order chi connectivity index (χ1) is 11.5. The first-order valence-electron chi connectivity index (χ1n) is 7.75. The Balaban J connectivity index is 2.46. The first kappa shape index (κ1) is 16.7. The largest absolute Gasteiger partial charge is 0.507 e. The number of aryl methyl sites for hydroxylation is 1. The van der Waals surface area contributed by atoms with Gasteiger partial charge >= 0.3 is 0 Å². The van der Waals surface area contributed by atoms with E-state index in [4.69, 9.17) is 4.74 Å². The van der Waals surface area contributed by atoms with Crippen molar-refractivity contribution in [3.8, 4) is 22.6 Å². The number of rotatable bonds is 3. The molecule has 124 valence electrons. The average Bonchev–Trinajstić information content (AvgIpc) is 2.56. The topological polar surface area (TPSA) is 41.5 Å². The van der Waals surface area contributed by atoms with Gasteiger partial charge in [0, 0.05) is 33.9 Å². The lowest BCUT2D eigenvalue weighted by Gasteiger charge is -2.20. The molecule has 0 amide bonds. The fourth-order valence-corrected chi connectivity index (χ4v) is 3.73. The summed E-state index contributed by atoms with van der Waals surface area (Å²) in [6.45, 7) is 4.05. The van der Waals surface area contributed by atoms with Crippen LogP contribution in [0.3, 0.4) is 0 Å². The zero-order valence-electron chi connectivity index (χ0n) is 14.2. The maximum atomic E-state index is 10.6. The Morgan fingerprint density at radius 3 is 2.46 bits per heavy atom. The van der Waals surface area contributed by atoms with Gasteiger partial charge in [-0.25, -0.2) is 0 Å². The third-order valence-electron chi connectivity index (χ3n) is 4.39. The van der Waals surface area contributed by atoms with Crippen LogP contribution in [0.4, 0.5) is 5.69 Å². The molecule has 3 aromatic rings. The Labute approximate surface area is 150 Å². The fourth-order valence-electron chi connectivity index (χ4n) is 3.35. The van der Waals surface area contributed by atoms with E-state index in [-0.39, 0.29) is 5.75 Å². The molecule has 0 saturated heterocycles. The van der Waals surface area contributed by atoms with Crippen molar-refractivity contribution in [1.29, 1.82) is 0 Å². The van der Waals surface area contributed by atoms with Crippen LogP contribution in [0.25, 0.3) is 21.9 Å². The van der Waals surface area contributed by atoms with E-state index in [0.717, 1.165) is 48.9 Å². The lowest BCUT2D eigenvalue weighted by atomic mass is 9.91. The van der Waals surface area contributed by atoms with Crippen molar-refractivity contribution >= 4 is 32.4 Å². The van der Waals surface area contributed by atoms with Crippen LogP contribution in [0, 0.1) is 13.8 Å². The van der Waals surface area contributed by atoms with Crippen LogP contribution in [0.1, 0.15) is 11.1 Å². The lowest BCUT2D eigenvalue weighted by Crippen LogP contribution is -2.00. The standard InChI is InChI=1S/C20H20BrNO2/c1-11-9-16(22-3)18(12(2)20(11)24-4)19-15-7-6-14(21)10-13(15)5-8-17(19)23/h5-10,22-23H,1-4H3. The van der Waals surface area contributed by atoms with E-state index in [2.05, 4.69) is 33.4 Å². The molecular formula is C20H20BrNO2. The summed E-state index contributed by atoms with van der Waals surface area (Å²) < 4.78 is 6.60. The highest BCUT2D eigenvalue weighted by atomic mass is 79.9. The molecule has 0 spiro atoms. The minimum absolute atomic E-state index is 0.260. The van der Waals surface area contributed by atoms with Crippen molar-refractivity contribution in [2.24, 2.45) is 0 Å². The number of halogens is 1. The monoisotopic (exact) mass is 385 g/mol. The van der Waals surface area contributed by atoms with Gasteiger partial charge in [0.1, 0.15) is 11.5 Å². The third-order valence-corrected chi connectivity index (χ3v) is 4.88. The van der Waals surface area contributed by atoms with Crippen LogP contribution >= 0.6 is 15.9 Å². The van der Waals surface area contributed by atoms with Crippen LogP contribution in [0.15, 0.2) is 40.9 Å². The second-order valence-electron chi connectivity index (χ2n) is 5.85. The van der Waals surface area contributed by atoms with Gasteiger partial charge in [-0.05, 0) is 54.4 Å². The van der Waals surface area contributed by atoms with E-state index in [1.54, 1.807) is 13.2 Å². The molecule has 0 aliphatic rings. The Hall–Kier alpha value is -2.20. The molecule has 0 bridgehead atoms. The molecule has 0 radical (unpaired) electrons. The van der Waals surface area contributed by atoms with E-state index in [9.17, 15) is 5.11 Å². The van der Waals surface area contributed by atoms with Gasteiger partial charge in [0.05, 0.1) is 7.11 Å². The molecular weight excluding hydrogens is 366 g/mol. The summed E-state index contributed by atoms with van der Waals surface area (Å²) in [4.78, 5) is 0. The zero-order valence-corrected chi connectivity index (χ0v) is 15.8. The molecule has 4 heteroatoms. The number of hydrogen-bond acceptors (Lipinski definition) is 3. The summed E-state index contributed by atoms with van der Waals surface area (Å²) in [7, 11) is 3.57. The zero-order chi connectivity index (χ0) is 17.4. The molecule has 3 rings (SSSR count). The van der Waals surface area contributed by atoms with Gasteiger partial charge in [0.2, 0.25) is 0 Å². The van der Waals surface area contributed by atoms with Crippen molar-refractivity contribution in [2.45, 2.75) is 13.8 Å². The number of methoxy groups -OCH3 is 1. The summed E-state index contributed by atoms with van der Waals surface area (Å²) in [5.41, 5.74) is 4.82. The number of hydrogen-bond donors (Lipinski definition) is 2. The van der Waals surface area contributed by atoms with Gasteiger partial charge in [-0.2, -0.15) is 0 Å². The molecule has 24 heavy (non-hydrogen) atoms. The minimum Gasteiger partial charge on any atom is -0.507 e. The molecule has 0 aliphatic heterocycles. The van der Waals surface area contributed by atoms with Crippen molar-refractivity contribution in [1.82, 2.24) is 0 Å². The molecule has 0 saturated carbocycles. The van der Waals surface area contributed by atoms with Gasteiger partial charge < -0.3 is 15.2 Å². The predicted molar refractivity (Wildman–Crippen MR) is 104 cm³/mol. The normalized spacial score (nSPS) is 10.9. The van der Waals surface area contributed by atoms with Crippen LogP contribution in [0.2, 0.25) is 0 Å². The number of aromatic hydroxyl groups is 1. The Bertz CT molecular complexity index is 935. The number of anilines is 1. The van der Waals surface area contributed by atoms with Crippen LogP contribution in [-0.4, -0.2) is 19.3 Å². The molecule has 3 nitrogen and oxygen atoms in total. The molecule has 0 aromatic heterocycles. The highest BCUT2D eigenvalue weighted by molar-refractivity contribution is 9.10. The number of ether oxygens (including phenoxy) is 1. The van der Waals surface area contributed by atoms with Crippen molar-refractivity contribution in [3.63, 3.8) is 0 Å². The van der Waals surface area contributed by atoms with E-state index >= 15 is 0 Å². The summed E-state index contributed by atoms with van der Waals surface area (Å²) >= 11 is 3.51. The van der Waals surface area contributed by atoms with Gasteiger partial charge in [-0.1, -0.05) is 28.1 Å². The number of phenols is 1. The summed E-state index contributed by atoms with van der Waals surface area (Å²) in [5, 5.41) is 16.0. The van der Waals surface area contributed by atoms with Crippen LogP contribution in [0.5, 0.6) is 11.5 Å². The van der Waals surface area contributed by atoms with Crippen molar-refractivity contribution in [2.75, 3.05) is 19.5 Å². The van der Waals surface area contributed by atoms with E-state index < -0.39 is 0 Å². The smallest absolute Gasteiger partial charge is 0.125 e. The van der Waals surface area contributed by atoms with Crippen molar-refractivity contribution < 1.29 is 9.84 Å². The van der Waals surface area contributed by atoms with Gasteiger partial charge in [0.25, 0.3) is 0 Å². The van der Waals surface area contributed by atoms with Crippen molar-refractivity contribution in [3.05, 3.63) is 52.0 Å². The quantitative estimate of drug-likeness (QED) is 0.612. The number of nitrogens with one attached hydrogen (secondary N) is 1. The SMILES string of the molecule is CNc1cc(C)c(OC)c(C)c1-c1c(O)ccc2cc(Br)ccc12. The minimum atomic E-state index is 0.260. The second-order valence-corrected chi connectivity index (χ2v) is 6.77.